The van der Waals surface area contributed by atoms with Gasteiger partial charge in [0.15, 0.2) is 0 Å². The van der Waals surface area contributed by atoms with E-state index in [1.54, 1.807) is 23.6 Å². The molecule has 0 radical (unpaired) electrons. The minimum atomic E-state index is -3.57. The van der Waals surface area contributed by atoms with Gasteiger partial charge >= 0.3 is 0 Å². The van der Waals surface area contributed by atoms with E-state index < -0.39 is 10.0 Å². The Hall–Kier alpha value is -1.09. The number of nitrogens with two attached hydrogens (primary N) is 1. The molecule has 2 rings (SSSR count). The Bertz CT molecular complexity index is 761. The lowest BCUT2D eigenvalue weighted by Gasteiger charge is -2.29. The van der Waals surface area contributed by atoms with Crippen LogP contribution in [-0.2, 0) is 17.1 Å². The second kappa shape index (κ2) is 8.94. The van der Waals surface area contributed by atoms with Crippen molar-refractivity contribution in [2.75, 3.05) is 33.2 Å². The molecule has 1 aliphatic rings. The second-order valence-corrected chi connectivity index (χ2v) is 10.2. The molecule has 1 saturated heterocycles. The zero-order chi connectivity index (χ0) is 19.7. The molecule has 1 aromatic rings. The highest BCUT2D eigenvalue weighted by Crippen LogP contribution is 2.25. The zero-order valence-corrected chi connectivity index (χ0v) is 18.6. The molecule has 1 atom stereocenters. The normalized spacial score (nSPS) is 18.8. The summed E-state index contributed by atoms with van der Waals surface area (Å²) in [4.78, 5) is 14.6. The fourth-order valence-corrected chi connectivity index (χ4v) is 5.05. The van der Waals surface area contributed by atoms with Gasteiger partial charge in [-0.25, -0.2) is 8.42 Å². The molecule has 1 aliphatic heterocycles. The predicted molar refractivity (Wildman–Crippen MR) is 110 cm³/mol. The van der Waals surface area contributed by atoms with Gasteiger partial charge in [0, 0.05) is 39.9 Å². The predicted octanol–water partition coefficient (Wildman–Crippen LogP) is 1.92. The van der Waals surface area contributed by atoms with Crippen LogP contribution in [0.1, 0.15) is 44.1 Å². The van der Waals surface area contributed by atoms with Crippen LogP contribution in [0.15, 0.2) is 17.2 Å². The number of carbonyl (C=O) groups is 1. The maximum atomic E-state index is 12.9. The third kappa shape index (κ3) is 5.47. The monoisotopic (exact) mass is 420 g/mol. The van der Waals surface area contributed by atoms with Crippen molar-refractivity contribution in [2.24, 2.45) is 24.1 Å². The first-order valence-corrected chi connectivity index (χ1v) is 10.5. The summed E-state index contributed by atoms with van der Waals surface area (Å²) in [5, 5.41) is 0. The Morgan fingerprint density at radius 1 is 1.41 bits per heavy atom. The summed E-state index contributed by atoms with van der Waals surface area (Å²) >= 11 is 0. The molecule has 0 saturated carbocycles. The molecule has 9 heteroatoms. The van der Waals surface area contributed by atoms with Gasteiger partial charge in [-0.15, -0.1) is 12.4 Å². The van der Waals surface area contributed by atoms with Crippen LogP contribution in [0.25, 0.3) is 0 Å². The number of sulfonamides is 1. The number of hydrogen-bond donors (Lipinski definition) is 1. The summed E-state index contributed by atoms with van der Waals surface area (Å²) in [6.45, 7) is 8.09. The van der Waals surface area contributed by atoms with Gasteiger partial charge in [-0.3, -0.25) is 4.79 Å². The maximum Gasteiger partial charge on any atom is 0.270 e. The lowest BCUT2D eigenvalue weighted by atomic mass is 9.93. The third-order valence-electron chi connectivity index (χ3n) is 5.02. The van der Waals surface area contributed by atoms with Gasteiger partial charge in [0.1, 0.15) is 10.6 Å². The fraction of sp³-hybridized carbons (Fsp3) is 0.722. The molecular weight excluding hydrogens is 388 g/mol. The zero-order valence-electron chi connectivity index (χ0n) is 16.9. The average Bonchev–Trinajstić information content (AvgIpc) is 2.96. The summed E-state index contributed by atoms with van der Waals surface area (Å²) in [6, 6.07) is 1.49. The van der Waals surface area contributed by atoms with Crippen molar-refractivity contribution in [1.29, 1.82) is 0 Å². The molecule has 1 unspecified atom stereocenters. The Labute approximate surface area is 169 Å². The molecular formula is C18H33ClN4O3S. The Balaban J connectivity index is 0.00000364. The molecule has 1 fully saturated rings. The number of piperidine rings is 1. The first-order valence-electron chi connectivity index (χ1n) is 9.10. The van der Waals surface area contributed by atoms with Crippen LogP contribution in [0.5, 0.6) is 0 Å². The number of carbonyl (C=O) groups excluding carboxylic acids is 1. The summed E-state index contributed by atoms with van der Waals surface area (Å²) in [5.41, 5.74) is 5.92. The summed E-state index contributed by atoms with van der Waals surface area (Å²) in [5.74, 6) is 0.149. The van der Waals surface area contributed by atoms with Crippen LogP contribution in [-0.4, -0.2) is 61.3 Å². The molecule has 0 aromatic carbocycles. The van der Waals surface area contributed by atoms with Gasteiger partial charge in [0.05, 0.1) is 0 Å². The number of halogens is 1. The third-order valence-corrected chi connectivity index (χ3v) is 6.85. The van der Waals surface area contributed by atoms with Gasteiger partial charge in [0.25, 0.3) is 5.91 Å². The van der Waals surface area contributed by atoms with Crippen molar-refractivity contribution in [3.05, 3.63) is 18.0 Å². The molecule has 1 aromatic heterocycles. The first kappa shape index (κ1) is 23.9. The lowest BCUT2D eigenvalue weighted by molar-refractivity contribution is 0.0731. The van der Waals surface area contributed by atoms with E-state index in [4.69, 9.17) is 5.73 Å². The number of rotatable bonds is 6. The number of aryl methyl sites for hydroxylation is 1. The van der Waals surface area contributed by atoms with E-state index in [0.29, 0.717) is 37.8 Å². The van der Waals surface area contributed by atoms with Crippen LogP contribution < -0.4 is 5.73 Å². The quantitative estimate of drug-likeness (QED) is 0.761. The Morgan fingerprint density at radius 2 is 2.04 bits per heavy atom. The molecule has 1 amide bonds. The average molecular weight is 421 g/mol. The van der Waals surface area contributed by atoms with Gasteiger partial charge < -0.3 is 15.2 Å². The van der Waals surface area contributed by atoms with Crippen LogP contribution >= 0.6 is 12.4 Å². The van der Waals surface area contributed by atoms with E-state index in [1.165, 1.54) is 16.6 Å². The van der Waals surface area contributed by atoms with Gasteiger partial charge in [0.2, 0.25) is 10.0 Å². The SMILES string of the molecule is CC1CCCN(S(=O)(=O)c2cc(C(=O)N(C)CC(C)(C)CN)n(C)c2)C1.Cl. The summed E-state index contributed by atoms with van der Waals surface area (Å²) < 4.78 is 29.0. The highest BCUT2D eigenvalue weighted by atomic mass is 35.5. The van der Waals surface area contributed by atoms with E-state index in [1.807, 2.05) is 13.8 Å². The number of aromatic nitrogens is 1. The number of hydrogen-bond acceptors (Lipinski definition) is 4. The van der Waals surface area contributed by atoms with E-state index in [0.717, 1.165) is 12.8 Å². The minimum Gasteiger partial charge on any atom is -0.345 e. The molecule has 0 aliphatic carbocycles. The van der Waals surface area contributed by atoms with E-state index in [2.05, 4.69) is 6.92 Å². The summed E-state index contributed by atoms with van der Waals surface area (Å²) in [6.07, 6.45) is 3.45. The highest BCUT2D eigenvalue weighted by molar-refractivity contribution is 7.89. The van der Waals surface area contributed by atoms with Crippen LogP contribution in [0.4, 0.5) is 0 Å². The van der Waals surface area contributed by atoms with Crippen LogP contribution in [0.3, 0.4) is 0 Å². The standard InChI is InChI=1S/C18H32N4O3S.ClH/c1-14-7-6-8-22(10-14)26(24,25)15-9-16(20(4)11-15)17(23)21(5)13-18(2,3)12-19;/h9,11,14H,6-8,10,12-13,19H2,1-5H3;1H. The minimum absolute atomic E-state index is 0. The first-order chi connectivity index (χ1) is 12.0. The molecule has 2 heterocycles. The van der Waals surface area contributed by atoms with E-state index in [-0.39, 0.29) is 28.6 Å². The van der Waals surface area contributed by atoms with Crippen molar-refractivity contribution in [3.63, 3.8) is 0 Å². The molecule has 0 spiro atoms. The Morgan fingerprint density at radius 3 is 2.59 bits per heavy atom. The van der Waals surface area contributed by atoms with Gasteiger partial charge in [-0.05, 0) is 36.8 Å². The highest BCUT2D eigenvalue weighted by Gasteiger charge is 2.31. The second-order valence-electron chi connectivity index (χ2n) is 8.31. The van der Waals surface area contributed by atoms with Gasteiger partial charge in [-0.1, -0.05) is 20.8 Å². The molecule has 27 heavy (non-hydrogen) atoms. The van der Waals surface area contributed by atoms with Crippen LogP contribution in [0.2, 0.25) is 0 Å². The van der Waals surface area contributed by atoms with Crippen molar-refractivity contribution in [3.8, 4) is 0 Å². The largest absolute Gasteiger partial charge is 0.345 e. The number of nitrogens with zero attached hydrogens (tertiary/aromatic N) is 3. The molecule has 7 nitrogen and oxygen atoms in total. The summed E-state index contributed by atoms with van der Waals surface area (Å²) in [7, 11) is -0.157. The van der Waals surface area contributed by atoms with Crippen molar-refractivity contribution in [1.82, 2.24) is 13.8 Å². The fourth-order valence-electron chi connectivity index (χ4n) is 3.38. The maximum absolute atomic E-state index is 12.9. The molecule has 2 N–H and O–H groups in total. The Kier molecular flexibility index (Phi) is 7.93. The smallest absolute Gasteiger partial charge is 0.270 e. The van der Waals surface area contributed by atoms with E-state index in [9.17, 15) is 13.2 Å². The number of amides is 1. The van der Waals surface area contributed by atoms with Crippen molar-refractivity contribution < 1.29 is 13.2 Å². The van der Waals surface area contributed by atoms with Crippen molar-refractivity contribution in [2.45, 2.75) is 38.5 Å². The van der Waals surface area contributed by atoms with Crippen LogP contribution in [0, 0.1) is 11.3 Å². The molecule has 0 bridgehead atoms. The topological polar surface area (TPSA) is 88.6 Å². The lowest BCUT2D eigenvalue weighted by Crippen LogP contribution is -2.40. The van der Waals surface area contributed by atoms with E-state index >= 15 is 0 Å². The van der Waals surface area contributed by atoms with Gasteiger partial charge in [-0.2, -0.15) is 4.31 Å². The van der Waals surface area contributed by atoms with Crippen molar-refractivity contribution >= 4 is 28.3 Å². The molecule has 156 valence electrons.